The zero-order chi connectivity index (χ0) is 19.7. The number of ketones is 1. The summed E-state index contributed by atoms with van der Waals surface area (Å²) in [5.41, 5.74) is 3.39. The second kappa shape index (κ2) is 7.55. The largest absolute Gasteiger partial charge is 0.489 e. The number of aromatic nitrogens is 4. The summed E-state index contributed by atoms with van der Waals surface area (Å²) in [6.45, 7) is 3.89. The van der Waals surface area contributed by atoms with Gasteiger partial charge in [-0.15, -0.1) is 0 Å². The smallest absolute Gasteiger partial charge is 0.248 e. The highest BCUT2D eigenvalue weighted by molar-refractivity contribution is 9.10. The van der Waals surface area contributed by atoms with Crippen molar-refractivity contribution < 1.29 is 9.53 Å². The molecule has 1 unspecified atom stereocenters. The quantitative estimate of drug-likeness (QED) is 0.649. The zero-order valence-electron chi connectivity index (χ0n) is 15.4. The highest BCUT2D eigenvalue weighted by Crippen LogP contribution is 2.35. The second-order valence-corrected chi connectivity index (χ2v) is 7.47. The predicted molar refractivity (Wildman–Crippen MR) is 108 cm³/mol. The SMILES string of the molecule is CC(=O)C1=C(C)Nc2nnnn2C1c1ccc(OCc2cccc(Br)c2)cc1. The molecule has 0 aliphatic carbocycles. The number of fused-ring (bicyclic) bond motifs is 1. The van der Waals surface area contributed by atoms with Crippen LogP contribution in [0.5, 0.6) is 5.75 Å². The number of allylic oxidation sites excluding steroid dienone is 2. The third kappa shape index (κ3) is 3.55. The van der Waals surface area contributed by atoms with Gasteiger partial charge in [0.2, 0.25) is 5.95 Å². The predicted octanol–water partition coefficient (Wildman–Crippen LogP) is 3.89. The van der Waals surface area contributed by atoms with Crippen molar-refractivity contribution in [2.45, 2.75) is 26.5 Å². The Labute approximate surface area is 170 Å². The maximum absolute atomic E-state index is 12.3. The molecule has 7 nitrogen and oxygen atoms in total. The lowest BCUT2D eigenvalue weighted by atomic mass is 9.93. The van der Waals surface area contributed by atoms with Crippen LogP contribution >= 0.6 is 15.9 Å². The number of carbonyl (C=O) groups is 1. The number of hydrogen-bond donors (Lipinski definition) is 1. The van der Waals surface area contributed by atoms with Crippen LogP contribution in [0.4, 0.5) is 5.95 Å². The number of nitrogens with one attached hydrogen (secondary N) is 1. The third-order valence-electron chi connectivity index (χ3n) is 4.58. The van der Waals surface area contributed by atoms with Gasteiger partial charge in [0.25, 0.3) is 0 Å². The van der Waals surface area contributed by atoms with Crippen LogP contribution < -0.4 is 10.1 Å². The Morgan fingerprint density at radius 2 is 2.04 bits per heavy atom. The van der Waals surface area contributed by atoms with E-state index in [0.29, 0.717) is 18.1 Å². The van der Waals surface area contributed by atoms with Gasteiger partial charge in [-0.1, -0.05) is 45.3 Å². The standard InChI is InChI=1S/C20H18BrN5O2/c1-12-18(13(2)27)19(26-20(22-12)23-24-25-26)15-6-8-17(9-7-15)28-11-14-4-3-5-16(21)10-14/h3-10,19H,11H2,1-2H3,(H,22,23,25). The van der Waals surface area contributed by atoms with Gasteiger partial charge in [0.15, 0.2) is 5.78 Å². The summed E-state index contributed by atoms with van der Waals surface area (Å²) in [4.78, 5) is 12.3. The number of carbonyl (C=O) groups excluding carboxylic acids is 1. The normalized spacial score (nSPS) is 15.8. The van der Waals surface area contributed by atoms with Crippen molar-refractivity contribution in [1.29, 1.82) is 0 Å². The minimum absolute atomic E-state index is 0.0221. The molecule has 0 saturated heterocycles. The summed E-state index contributed by atoms with van der Waals surface area (Å²) in [5.74, 6) is 1.24. The van der Waals surface area contributed by atoms with E-state index in [9.17, 15) is 4.79 Å². The molecule has 0 saturated carbocycles. The molecular formula is C20H18BrN5O2. The van der Waals surface area contributed by atoms with Crippen LogP contribution in [-0.2, 0) is 11.4 Å². The molecule has 0 amide bonds. The first-order valence-corrected chi connectivity index (χ1v) is 9.56. The van der Waals surface area contributed by atoms with Crippen LogP contribution in [0.25, 0.3) is 0 Å². The first-order valence-electron chi connectivity index (χ1n) is 8.76. The molecule has 2 heterocycles. The number of benzene rings is 2. The average molecular weight is 440 g/mol. The summed E-state index contributed by atoms with van der Waals surface area (Å²) >= 11 is 3.46. The molecule has 0 radical (unpaired) electrons. The molecule has 0 bridgehead atoms. The fourth-order valence-electron chi connectivity index (χ4n) is 3.32. The molecule has 0 spiro atoms. The van der Waals surface area contributed by atoms with Gasteiger partial charge in [0, 0.05) is 15.7 Å². The highest BCUT2D eigenvalue weighted by Gasteiger charge is 2.32. The van der Waals surface area contributed by atoms with E-state index in [4.69, 9.17) is 4.74 Å². The fourth-order valence-corrected chi connectivity index (χ4v) is 3.76. The topological polar surface area (TPSA) is 81.9 Å². The average Bonchev–Trinajstić information content (AvgIpc) is 3.13. The van der Waals surface area contributed by atoms with Gasteiger partial charge in [-0.2, -0.15) is 4.68 Å². The highest BCUT2D eigenvalue weighted by atomic mass is 79.9. The minimum atomic E-state index is -0.372. The summed E-state index contributed by atoms with van der Waals surface area (Å²) in [7, 11) is 0. The number of nitrogens with zero attached hydrogens (tertiary/aromatic N) is 4. The first-order chi connectivity index (χ1) is 13.5. The molecule has 4 rings (SSSR count). The molecule has 1 aliphatic rings. The molecule has 1 aromatic heterocycles. The minimum Gasteiger partial charge on any atom is -0.489 e. The second-order valence-electron chi connectivity index (χ2n) is 6.56. The lowest BCUT2D eigenvalue weighted by Gasteiger charge is -2.27. The van der Waals surface area contributed by atoms with E-state index < -0.39 is 0 Å². The van der Waals surface area contributed by atoms with Gasteiger partial charge in [0.1, 0.15) is 18.4 Å². The number of Topliss-reactive ketones (excluding diaryl/α,β-unsaturated/α-hetero) is 1. The number of rotatable bonds is 5. The first kappa shape index (κ1) is 18.4. The van der Waals surface area contributed by atoms with Gasteiger partial charge >= 0.3 is 0 Å². The van der Waals surface area contributed by atoms with E-state index >= 15 is 0 Å². The molecule has 1 aliphatic heterocycles. The van der Waals surface area contributed by atoms with Crippen molar-refractivity contribution in [3.8, 4) is 5.75 Å². The molecule has 2 aromatic carbocycles. The van der Waals surface area contributed by atoms with E-state index in [1.807, 2.05) is 55.5 Å². The van der Waals surface area contributed by atoms with Crippen molar-refractivity contribution in [3.05, 3.63) is 75.4 Å². The van der Waals surface area contributed by atoms with E-state index in [1.54, 1.807) is 11.6 Å². The maximum Gasteiger partial charge on any atom is 0.248 e. The molecular weight excluding hydrogens is 422 g/mol. The van der Waals surface area contributed by atoms with Gasteiger partial charge in [0.05, 0.1) is 0 Å². The molecule has 0 fully saturated rings. The molecule has 1 atom stereocenters. The Hall–Kier alpha value is -3.00. The van der Waals surface area contributed by atoms with Gasteiger partial charge in [-0.25, -0.2) is 0 Å². The van der Waals surface area contributed by atoms with Crippen molar-refractivity contribution in [2.75, 3.05) is 5.32 Å². The van der Waals surface area contributed by atoms with E-state index in [1.165, 1.54) is 0 Å². The van der Waals surface area contributed by atoms with Gasteiger partial charge < -0.3 is 10.1 Å². The lowest BCUT2D eigenvalue weighted by molar-refractivity contribution is -0.114. The summed E-state index contributed by atoms with van der Waals surface area (Å²) in [6.07, 6.45) is 0. The number of ether oxygens (including phenoxy) is 1. The molecule has 8 heteroatoms. The number of tetrazole rings is 1. The lowest BCUT2D eigenvalue weighted by Crippen LogP contribution is -2.27. The van der Waals surface area contributed by atoms with Crippen molar-refractivity contribution in [3.63, 3.8) is 0 Å². The van der Waals surface area contributed by atoms with Crippen molar-refractivity contribution >= 4 is 27.7 Å². The molecule has 1 N–H and O–H groups in total. The third-order valence-corrected chi connectivity index (χ3v) is 5.08. The Morgan fingerprint density at radius 1 is 1.25 bits per heavy atom. The molecule has 142 valence electrons. The van der Waals surface area contributed by atoms with Crippen LogP contribution in [0.15, 0.2) is 64.3 Å². The van der Waals surface area contributed by atoms with Crippen LogP contribution in [0.2, 0.25) is 0 Å². The number of anilines is 1. The van der Waals surface area contributed by atoms with Gasteiger partial charge in [-0.05, 0) is 59.7 Å². The molecule has 28 heavy (non-hydrogen) atoms. The van der Waals surface area contributed by atoms with E-state index in [2.05, 4.69) is 36.8 Å². The van der Waals surface area contributed by atoms with Crippen LogP contribution in [0.1, 0.15) is 31.0 Å². The Kier molecular flexibility index (Phi) is 4.95. The fraction of sp³-hybridized carbons (Fsp3) is 0.200. The summed E-state index contributed by atoms with van der Waals surface area (Å²) in [5, 5.41) is 14.9. The zero-order valence-corrected chi connectivity index (χ0v) is 17.0. The Balaban J connectivity index is 1.58. The van der Waals surface area contributed by atoms with Crippen molar-refractivity contribution in [1.82, 2.24) is 20.2 Å². The maximum atomic E-state index is 12.3. The van der Waals surface area contributed by atoms with Gasteiger partial charge in [-0.3, -0.25) is 4.79 Å². The summed E-state index contributed by atoms with van der Waals surface area (Å²) in [6, 6.07) is 15.3. The number of hydrogen-bond acceptors (Lipinski definition) is 6. The Bertz CT molecular complexity index is 1060. The van der Waals surface area contributed by atoms with Crippen LogP contribution in [0, 0.1) is 0 Å². The van der Waals surface area contributed by atoms with Crippen molar-refractivity contribution in [2.24, 2.45) is 0 Å². The Morgan fingerprint density at radius 3 is 2.75 bits per heavy atom. The van der Waals surface area contributed by atoms with E-state index in [0.717, 1.165) is 27.0 Å². The number of halogens is 1. The summed E-state index contributed by atoms with van der Waals surface area (Å²) < 4.78 is 8.53. The van der Waals surface area contributed by atoms with E-state index in [-0.39, 0.29) is 11.8 Å². The molecule has 3 aromatic rings. The monoisotopic (exact) mass is 439 g/mol. The van der Waals surface area contributed by atoms with Crippen LogP contribution in [-0.4, -0.2) is 26.0 Å². The van der Waals surface area contributed by atoms with Crippen LogP contribution in [0.3, 0.4) is 0 Å².